The second-order valence-electron chi connectivity index (χ2n) is 6.07. The summed E-state index contributed by atoms with van der Waals surface area (Å²) in [5.41, 5.74) is -1.15. The lowest BCUT2D eigenvalue weighted by Gasteiger charge is -2.16. The highest BCUT2D eigenvalue weighted by Gasteiger charge is 2.29. The lowest BCUT2D eigenvalue weighted by molar-refractivity contribution is -0.387. The number of carbonyl (C=O) groups excluding carboxylic acids is 1. The molecule has 0 amide bonds. The average Bonchev–Trinajstić information content (AvgIpc) is 2.75. The molecular formula is C19H20N2O9. The highest BCUT2D eigenvalue weighted by atomic mass is 16.6. The number of esters is 1. The van der Waals surface area contributed by atoms with Crippen LogP contribution in [0, 0.1) is 20.2 Å². The number of hydrogen-bond acceptors (Lipinski definition) is 9. The zero-order chi connectivity index (χ0) is 22.3. The first-order chi connectivity index (χ1) is 14.3. The number of ether oxygens (including phenoxy) is 3. The average molecular weight is 420 g/mol. The van der Waals surface area contributed by atoms with Crippen LogP contribution in [0.15, 0.2) is 36.4 Å². The number of aliphatic hydroxyl groups is 1. The van der Waals surface area contributed by atoms with Crippen molar-refractivity contribution in [1.29, 1.82) is 0 Å². The van der Waals surface area contributed by atoms with Crippen LogP contribution in [0.5, 0.6) is 11.5 Å². The van der Waals surface area contributed by atoms with Crippen molar-refractivity contribution in [2.24, 2.45) is 0 Å². The molecule has 0 spiro atoms. The molecule has 11 heteroatoms. The van der Waals surface area contributed by atoms with Gasteiger partial charge in [-0.1, -0.05) is 12.1 Å². The Morgan fingerprint density at radius 3 is 2.30 bits per heavy atom. The summed E-state index contributed by atoms with van der Waals surface area (Å²) in [4.78, 5) is 32.6. The van der Waals surface area contributed by atoms with Crippen LogP contribution in [0.25, 0.3) is 0 Å². The van der Waals surface area contributed by atoms with Gasteiger partial charge >= 0.3 is 5.97 Å². The van der Waals surface area contributed by atoms with Crippen molar-refractivity contribution in [3.63, 3.8) is 0 Å². The molecule has 0 radical (unpaired) electrons. The number of nitrogens with zero attached hydrogens (tertiary/aromatic N) is 2. The van der Waals surface area contributed by atoms with Crippen LogP contribution in [0.4, 0.5) is 11.4 Å². The van der Waals surface area contributed by atoms with Gasteiger partial charge in [-0.3, -0.25) is 25.0 Å². The number of nitro groups is 2. The maximum Gasteiger partial charge on any atom is 0.305 e. The Bertz CT molecular complexity index is 946. The van der Waals surface area contributed by atoms with E-state index >= 15 is 0 Å². The number of rotatable bonds is 10. The molecule has 1 N–H and O–H groups in total. The zero-order valence-electron chi connectivity index (χ0n) is 16.3. The standard InChI is InChI=1S/C19H20N2O9/c1-28-16-10-13(19(23)12-6-3-4-7-14(12)20(24)25)15(21(26)27)11-17(16)30-9-5-8-18(22)29-2/h3-4,6-7,10-11,19,23H,5,8-9H2,1-2H3. The summed E-state index contributed by atoms with van der Waals surface area (Å²) in [7, 11) is 2.57. The van der Waals surface area contributed by atoms with Gasteiger partial charge in [0, 0.05) is 12.5 Å². The number of carbonyl (C=O) groups is 1. The molecule has 0 aliphatic heterocycles. The summed E-state index contributed by atoms with van der Waals surface area (Å²) in [6.45, 7) is 0.0642. The van der Waals surface area contributed by atoms with Gasteiger partial charge < -0.3 is 19.3 Å². The normalized spacial score (nSPS) is 11.4. The van der Waals surface area contributed by atoms with Crippen molar-refractivity contribution < 1.29 is 34.0 Å². The highest BCUT2D eigenvalue weighted by molar-refractivity contribution is 5.69. The summed E-state index contributed by atoms with van der Waals surface area (Å²) < 4.78 is 15.2. The van der Waals surface area contributed by atoms with Gasteiger partial charge in [-0.15, -0.1) is 0 Å². The van der Waals surface area contributed by atoms with Crippen molar-refractivity contribution in [2.45, 2.75) is 18.9 Å². The Hall–Kier alpha value is -3.73. The molecule has 1 atom stereocenters. The van der Waals surface area contributed by atoms with Crippen LogP contribution in [0.1, 0.15) is 30.1 Å². The van der Waals surface area contributed by atoms with Crippen LogP contribution in [0.3, 0.4) is 0 Å². The first kappa shape index (κ1) is 22.6. The summed E-state index contributed by atoms with van der Waals surface area (Å²) in [6, 6.07) is 7.69. The highest BCUT2D eigenvalue weighted by Crippen LogP contribution is 2.41. The summed E-state index contributed by atoms with van der Waals surface area (Å²) in [5.74, 6) is -0.293. The van der Waals surface area contributed by atoms with Gasteiger partial charge in [0.2, 0.25) is 0 Å². The van der Waals surface area contributed by atoms with E-state index in [0.717, 1.165) is 6.07 Å². The van der Waals surface area contributed by atoms with E-state index in [0.29, 0.717) is 6.42 Å². The van der Waals surface area contributed by atoms with E-state index in [2.05, 4.69) is 4.74 Å². The molecular weight excluding hydrogens is 400 g/mol. The molecule has 2 rings (SSSR count). The van der Waals surface area contributed by atoms with Gasteiger partial charge in [0.25, 0.3) is 11.4 Å². The summed E-state index contributed by atoms with van der Waals surface area (Å²) in [5, 5.41) is 33.6. The molecule has 1 unspecified atom stereocenters. The van der Waals surface area contributed by atoms with Gasteiger partial charge in [0.1, 0.15) is 6.10 Å². The van der Waals surface area contributed by atoms with E-state index < -0.39 is 27.6 Å². The first-order valence-corrected chi connectivity index (χ1v) is 8.77. The third-order valence-electron chi connectivity index (χ3n) is 4.24. The molecule has 2 aromatic rings. The number of para-hydroxylation sites is 1. The smallest absolute Gasteiger partial charge is 0.305 e. The van der Waals surface area contributed by atoms with Crippen molar-refractivity contribution in [1.82, 2.24) is 0 Å². The topological polar surface area (TPSA) is 151 Å². The number of aliphatic hydroxyl groups excluding tert-OH is 1. The maximum atomic E-state index is 11.6. The molecule has 0 aromatic heterocycles. The Morgan fingerprint density at radius 1 is 1.03 bits per heavy atom. The Morgan fingerprint density at radius 2 is 1.70 bits per heavy atom. The fourth-order valence-electron chi connectivity index (χ4n) is 2.77. The first-order valence-electron chi connectivity index (χ1n) is 8.77. The van der Waals surface area contributed by atoms with E-state index in [9.17, 15) is 30.1 Å². The van der Waals surface area contributed by atoms with Crippen molar-refractivity contribution in [3.8, 4) is 11.5 Å². The van der Waals surface area contributed by atoms with E-state index in [1.165, 1.54) is 44.6 Å². The van der Waals surface area contributed by atoms with E-state index in [1.54, 1.807) is 0 Å². The SMILES string of the molecule is COC(=O)CCCOc1cc([N+](=O)[O-])c(C(O)c2ccccc2[N+](=O)[O-])cc1OC. The molecule has 160 valence electrons. The minimum absolute atomic E-state index is 0.0348. The minimum atomic E-state index is -1.64. The third-order valence-corrected chi connectivity index (χ3v) is 4.24. The van der Waals surface area contributed by atoms with E-state index in [4.69, 9.17) is 9.47 Å². The Labute approximate surface area is 171 Å². The quantitative estimate of drug-likeness (QED) is 0.265. The maximum absolute atomic E-state index is 11.6. The minimum Gasteiger partial charge on any atom is -0.493 e. The summed E-state index contributed by atoms with van der Waals surface area (Å²) >= 11 is 0. The van der Waals surface area contributed by atoms with Crippen molar-refractivity contribution >= 4 is 17.3 Å². The monoisotopic (exact) mass is 420 g/mol. The number of nitro benzene ring substituents is 2. The predicted octanol–water partition coefficient (Wildman–Crippen LogP) is 2.93. The second-order valence-corrected chi connectivity index (χ2v) is 6.07. The fraction of sp³-hybridized carbons (Fsp3) is 0.316. The summed E-state index contributed by atoms with van der Waals surface area (Å²) in [6.07, 6.45) is -1.23. The molecule has 2 aromatic carbocycles. The van der Waals surface area contributed by atoms with Gasteiger partial charge in [-0.05, 0) is 18.6 Å². The number of hydrogen-bond donors (Lipinski definition) is 1. The van der Waals surface area contributed by atoms with Gasteiger partial charge in [0.15, 0.2) is 11.5 Å². The largest absolute Gasteiger partial charge is 0.493 e. The van der Waals surface area contributed by atoms with E-state index in [-0.39, 0.29) is 41.3 Å². The molecule has 0 heterocycles. The molecule has 0 saturated carbocycles. The van der Waals surface area contributed by atoms with E-state index in [1.807, 2.05) is 0 Å². The van der Waals surface area contributed by atoms with Gasteiger partial charge in [-0.25, -0.2) is 0 Å². The lowest BCUT2D eigenvalue weighted by atomic mass is 9.98. The van der Waals surface area contributed by atoms with Crippen LogP contribution < -0.4 is 9.47 Å². The molecule has 30 heavy (non-hydrogen) atoms. The molecule has 11 nitrogen and oxygen atoms in total. The lowest BCUT2D eigenvalue weighted by Crippen LogP contribution is -2.09. The zero-order valence-corrected chi connectivity index (χ0v) is 16.3. The Balaban J connectivity index is 2.40. The number of benzene rings is 2. The van der Waals surface area contributed by atoms with Crippen molar-refractivity contribution in [2.75, 3.05) is 20.8 Å². The molecule has 0 saturated heterocycles. The Kier molecular flexibility index (Phi) is 7.64. The fourth-order valence-corrected chi connectivity index (χ4v) is 2.77. The number of methoxy groups -OCH3 is 2. The van der Waals surface area contributed by atoms with Crippen LogP contribution in [-0.2, 0) is 9.53 Å². The van der Waals surface area contributed by atoms with Crippen LogP contribution >= 0.6 is 0 Å². The molecule has 0 fully saturated rings. The van der Waals surface area contributed by atoms with Crippen LogP contribution in [0.2, 0.25) is 0 Å². The van der Waals surface area contributed by atoms with Gasteiger partial charge in [0.05, 0.1) is 47.9 Å². The predicted molar refractivity (Wildman–Crippen MR) is 104 cm³/mol. The van der Waals surface area contributed by atoms with Crippen LogP contribution in [-0.4, -0.2) is 41.7 Å². The molecule has 0 aliphatic rings. The second kappa shape index (κ2) is 10.2. The molecule has 0 aliphatic carbocycles. The molecule has 0 bridgehead atoms. The van der Waals surface area contributed by atoms with Gasteiger partial charge in [-0.2, -0.15) is 0 Å². The third kappa shape index (κ3) is 5.20. The van der Waals surface area contributed by atoms with Crippen molar-refractivity contribution in [3.05, 3.63) is 67.8 Å².